The molecule has 0 radical (unpaired) electrons. The van der Waals surface area contributed by atoms with Gasteiger partial charge in [0, 0.05) is 32.6 Å². The summed E-state index contributed by atoms with van der Waals surface area (Å²) < 4.78 is 16.6. The molecule has 1 atom stereocenters. The first-order valence-electron chi connectivity index (χ1n) is 11.1. The number of amides is 1. The highest BCUT2D eigenvalue weighted by atomic mass is 16.5. The second kappa shape index (κ2) is 10.1. The van der Waals surface area contributed by atoms with Gasteiger partial charge in [-0.1, -0.05) is 12.1 Å². The van der Waals surface area contributed by atoms with Crippen LogP contribution in [0.3, 0.4) is 0 Å². The molecule has 0 bridgehead atoms. The van der Waals surface area contributed by atoms with E-state index in [4.69, 9.17) is 14.2 Å². The summed E-state index contributed by atoms with van der Waals surface area (Å²) in [5.41, 5.74) is 4.58. The van der Waals surface area contributed by atoms with Crippen LogP contribution >= 0.6 is 0 Å². The molecule has 34 heavy (non-hydrogen) atoms. The monoisotopic (exact) mass is 462 g/mol. The first-order valence-corrected chi connectivity index (χ1v) is 11.1. The maximum absolute atomic E-state index is 13.5. The molecule has 1 aliphatic heterocycles. The molecular weight excluding hydrogens is 432 g/mol. The van der Waals surface area contributed by atoms with E-state index in [1.165, 1.54) is 0 Å². The summed E-state index contributed by atoms with van der Waals surface area (Å²) in [5.74, 6) is 1.33. The molecule has 178 valence electrons. The molecule has 1 amide bonds. The molecule has 1 heterocycles. The van der Waals surface area contributed by atoms with Crippen LogP contribution in [0.2, 0.25) is 0 Å². The van der Waals surface area contributed by atoms with Gasteiger partial charge in [-0.2, -0.15) is 0 Å². The largest absolute Gasteiger partial charge is 0.508 e. The second-order valence-electron chi connectivity index (χ2n) is 8.39. The lowest BCUT2D eigenvalue weighted by molar-refractivity contribution is -0.118. The maximum Gasteiger partial charge on any atom is 0.232 e. The Morgan fingerprint density at radius 3 is 2.29 bits per heavy atom. The number of nitrogens with zero attached hydrogens (tertiary/aromatic N) is 2. The molecule has 4 rings (SSSR count). The third-order valence-electron chi connectivity index (χ3n) is 5.99. The van der Waals surface area contributed by atoms with Crippen LogP contribution in [0.25, 0.3) is 0 Å². The maximum atomic E-state index is 13.5. The molecular formula is C27H30N2O5. The summed E-state index contributed by atoms with van der Waals surface area (Å²) in [7, 11) is 7.18. The van der Waals surface area contributed by atoms with Crippen LogP contribution < -0.4 is 19.3 Å². The zero-order valence-electron chi connectivity index (χ0n) is 19.9. The summed E-state index contributed by atoms with van der Waals surface area (Å²) in [4.78, 5) is 17.3. The van der Waals surface area contributed by atoms with E-state index in [0.29, 0.717) is 24.7 Å². The zero-order chi connectivity index (χ0) is 24.2. The molecule has 1 aliphatic rings. The van der Waals surface area contributed by atoms with Crippen molar-refractivity contribution in [3.8, 4) is 17.2 Å². The molecule has 3 aromatic rings. The second-order valence-corrected chi connectivity index (χ2v) is 8.39. The Morgan fingerprint density at radius 1 is 0.971 bits per heavy atom. The topological polar surface area (TPSA) is 71.5 Å². The zero-order valence-corrected chi connectivity index (χ0v) is 19.9. The van der Waals surface area contributed by atoms with Crippen molar-refractivity contribution in [2.24, 2.45) is 0 Å². The molecule has 0 fully saturated rings. The first-order chi connectivity index (χ1) is 16.4. The van der Waals surface area contributed by atoms with Crippen molar-refractivity contribution in [1.82, 2.24) is 0 Å². The van der Waals surface area contributed by atoms with Crippen LogP contribution in [0.15, 0.2) is 60.7 Å². The lowest BCUT2D eigenvalue weighted by atomic mass is 9.86. The van der Waals surface area contributed by atoms with Crippen LogP contribution in [-0.4, -0.2) is 52.5 Å². The lowest BCUT2D eigenvalue weighted by Crippen LogP contribution is -2.41. The molecule has 0 aliphatic carbocycles. The van der Waals surface area contributed by atoms with Crippen LogP contribution in [-0.2, 0) is 16.0 Å². The average molecular weight is 463 g/mol. The highest BCUT2D eigenvalue weighted by Gasteiger charge is 2.36. The number of aromatic hydroxyl groups is 1. The summed E-state index contributed by atoms with van der Waals surface area (Å²) >= 11 is 0. The van der Waals surface area contributed by atoms with Gasteiger partial charge in [0.05, 0.1) is 26.2 Å². The van der Waals surface area contributed by atoms with Gasteiger partial charge in [0.15, 0.2) is 11.5 Å². The number of benzene rings is 3. The fourth-order valence-corrected chi connectivity index (χ4v) is 4.25. The number of methoxy groups -OCH3 is 2. The lowest BCUT2D eigenvalue weighted by Gasteiger charge is -2.38. The van der Waals surface area contributed by atoms with Gasteiger partial charge in [-0.05, 0) is 65.2 Å². The van der Waals surface area contributed by atoms with Gasteiger partial charge < -0.3 is 29.1 Å². The molecule has 0 saturated heterocycles. The van der Waals surface area contributed by atoms with E-state index in [0.717, 1.165) is 28.1 Å². The smallest absolute Gasteiger partial charge is 0.232 e. The quantitative estimate of drug-likeness (QED) is 0.507. The average Bonchev–Trinajstić information content (AvgIpc) is 2.84. The number of phenolic OH excluding ortho intramolecular Hbond substituents is 1. The van der Waals surface area contributed by atoms with Gasteiger partial charge in [0.25, 0.3) is 0 Å². The molecule has 0 saturated carbocycles. The number of rotatable bonds is 8. The van der Waals surface area contributed by atoms with Crippen LogP contribution in [0.5, 0.6) is 17.2 Å². The minimum absolute atomic E-state index is 0.0155. The van der Waals surface area contributed by atoms with E-state index in [1.54, 1.807) is 26.4 Å². The van der Waals surface area contributed by atoms with Crippen molar-refractivity contribution in [3.05, 3.63) is 77.4 Å². The highest BCUT2D eigenvalue weighted by molar-refractivity contribution is 5.98. The summed E-state index contributed by atoms with van der Waals surface area (Å²) in [6.07, 6.45) is 0.244. The van der Waals surface area contributed by atoms with E-state index in [9.17, 15) is 9.90 Å². The Bertz CT molecular complexity index is 1140. The van der Waals surface area contributed by atoms with Crippen molar-refractivity contribution in [2.75, 3.05) is 51.3 Å². The number of anilines is 2. The summed E-state index contributed by atoms with van der Waals surface area (Å²) in [6, 6.07) is 18.3. The number of hydrogen-bond donors (Lipinski definition) is 1. The standard InChI is InChI=1S/C27H30N2O5/c1-28(2)20-7-9-21(10-8-20)29-26(31)16-19-15-24(33-4)25(34-14-13-32-3)17-23(19)27(29)18-5-11-22(30)12-6-18/h5-12,15,17,27,30H,13-14,16H2,1-4H3. The summed E-state index contributed by atoms with van der Waals surface area (Å²) in [5, 5.41) is 9.87. The number of fused-ring (bicyclic) bond motifs is 1. The van der Waals surface area contributed by atoms with Gasteiger partial charge in [0.1, 0.15) is 12.4 Å². The third-order valence-corrected chi connectivity index (χ3v) is 5.99. The Balaban J connectivity index is 1.85. The fourth-order valence-electron chi connectivity index (χ4n) is 4.25. The summed E-state index contributed by atoms with van der Waals surface area (Å²) in [6.45, 7) is 0.828. The van der Waals surface area contributed by atoms with E-state index < -0.39 is 6.04 Å². The first kappa shape index (κ1) is 23.4. The van der Waals surface area contributed by atoms with Crippen molar-refractivity contribution in [3.63, 3.8) is 0 Å². The number of carbonyl (C=O) groups is 1. The van der Waals surface area contributed by atoms with Gasteiger partial charge in [-0.3, -0.25) is 4.79 Å². The van der Waals surface area contributed by atoms with Crippen molar-refractivity contribution in [2.45, 2.75) is 12.5 Å². The number of hydrogen-bond acceptors (Lipinski definition) is 6. The minimum Gasteiger partial charge on any atom is -0.508 e. The Kier molecular flexibility index (Phi) is 6.93. The Hall–Kier alpha value is -3.71. The van der Waals surface area contributed by atoms with Crippen molar-refractivity contribution >= 4 is 17.3 Å². The fraction of sp³-hybridized carbons (Fsp3) is 0.296. The number of phenols is 1. The van der Waals surface area contributed by atoms with Gasteiger partial charge in [-0.25, -0.2) is 0 Å². The van der Waals surface area contributed by atoms with E-state index in [-0.39, 0.29) is 18.1 Å². The molecule has 0 spiro atoms. The molecule has 7 heteroatoms. The highest BCUT2D eigenvalue weighted by Crippen LogP contribution is 2.43. The molecule has 0 aromatic heterocycles. The van der Waals surface area contributed by atoms with Crippen molar-refractivity contribution in [1.29, 1.82) is 0 Å². The third kappa shape index (κ3) is 4.65. The number of ether oxygens (including phenoxy) is 3. The minimum atomic E-state index is -0.391. The van der Waals surface area contributed by atoms with Gasteiger partial charge in [0.2, 0.25) is 5.91 Å². The van der Waals surface area contributed by atoms with E-state index in [1.807, 2.05) is 72.4 Å². The molecule has 1 N–H and O–H groups in total. The van der Waals surface area contributed by atoms with Gasteiger partial charge >= 0.3 is 0 Å². The van der Waals surface area contributed by atoms with Crippen molar-refractivity contribution < 1.29 is 24.1 Å². The van der Waals surface area contributed by atoms with Crippen LogP contribution in [0, 0.1) is 0 Å². The van der Waals surface area contributed by atoms with Crippen LogP contribution in [0.4, 0.5) is 11.4 Å². The van der Waals surface area contributed by atoms with E-state index in [2.05, 4.69) is 0 Å². The normalized spacial score (nSPS) is 15.1. The molecule has 7 nitrogen and oxygen atoms in total. The molecule has 3 aromatic carbocycles. The van der Waals surface area contributed by atoms with Gasteiger partial charge in [-0.15, -0.1) is 0 Å². The van der Waals surface area contributed by atoms with Crippen LogP contribution in [0.1, 0.15) is 22.7 Å². The predicted octanol–water partition coefficient (Wildman–Crippen LogP) is 4.17. The SMILES string of the molecule is COCCOc1cc2c(cc1OC)CC(=O)N(c1ccc(N(C)C)cc1)C2c1ccc(O)cc1. The molecule has 1 unspecified atom stereocenters. The predicted molar refractivity (Wildman–Crippen MR) is 132 cm³/mol. The Labute approximate surface area is 200 Å². The number of carbonyl (C=O) groups excluding carboxylic acids is 1. The Morgan fingerprint density at radius 2 is 1.68 bits per heavy atom. The van der Waals surface area contributed by atoms with E-state index >= 15 is 0 Å².